The summed E-state index contributed by atoms with van der Waals surface area (Å²) in [6, 6.07) is 24.3. The lowest BCUT2D eigenvalue weighted by Crippen LogP contribution is -2.14. The monoisotopic (exact) mass is 341 g/mol. The Hall–Kier alpha value is -3.91. The van der Waals surface area contributed by atoms with E-state index in [1.807, 2.05) is 18.2 Å². The molecule has 126 valence electrons. The molecule has 0 atom stereocenters. The van der Waals surface area contributed by atoms with Crippen LogP contribution in [0.4, 0.5) is 11.4 Å². The highest BCUT2D eigenvalue weighted by atomic mass is 16.2. The number of carbonyl (C=O) groups is 2. The van der Waals surface area contributed by atoms with Crippen LogP contribution in [0.15, 0.2) is 78.9 Å². The van der Waals surface area contributed by atoms with Crippen molar-refractivity contribution in [2.75, 3.05) is 10.6 Å². The Labute approximate surface area is 150 Å². The summed E-state index contributed by atoms with van der Waals surface area (Å²) in [7, 11) is 0. The fourth-order valence-corrected chi connectivity index (χ4v) is 2.42. The smallest absolute Gasteiger partial charge is 0.255 e. The van der Waals surface area contributed by atoms with E-state index in [0.717, 1.165) is 0 Å². The van der Waals surface area contributed by atoms with Crippen LogP contribution in [-0.2, 0) is 0 Å². The van der Waals surface area contributed by atoms with Crippen LogP contribution in [0.25, 0.3) is 0 Å². The van der Waals surface area contributed by atoms with Crippen molar-refractivity contribution in [2.45, 2.75) is 0 Å². The number of anilines is 2. The molecular weight excluding hydrogens is 326 g/mol. The summed E-state index contributed by atoms with van der Waals surface area (Å²) in [5.41, 5.74) is 2.20. The van der Waals surface area contributed by atoms with Gasteiger partial charge in [-0.05, 0) is 42.5 Å². The predicted molar refractivity (Wildman–Crippen MR) is 99.9 cm³/mol. The second kappa shape index (κ2) is 7.77. The summed E-state index contributed by atoms with van der Waals surface area (Å²) >= 11 is 0. The standard InChI is InChI=1S/C21H15N3O2/c22-14-15-11-18(23-20(25)16-7-3-1-4-8-16)13-19(12-15)24-21(26)17-9-5-2-6-10-17/h1-13H,(H,23,25)(H,24,26). The maximum absolute atomic E-state index is 12.3. The van der Waals surface area contributed by atoms with Gasteiger partial charge in [0.2, 0.25) is 0 Å². The molecule has 0 spiro atoms. The molecule has 3 rings (SSSR count). The lowest BCUT2D eigenvalue weighted by atomic mass is 10.1. The number of nitriles is 1. The number of amides is 2. The van der Waals surface area contributed by atoms with E-state index in [4.69, 9.17) is 0 Å². The van der Waals surface area contributed by atoms with Gasteiger partial charge >= 0.3 is 0 Å². The summed E-state index contributed by atoms with van der Waals surface area (Å²) in [5, 5.41) is 14.7. The maximum atomic E-state index is 12.3. The largest absolute Gasteiger partial charge is 0.322 e. The zero-order chi connectivity index (χ0) is 18.4. The molecule has 0 bridgehead atoms. The highest BCUT2D eigenvalue weighted by Crippen LogP contribution is 2.20. The third-order valence-corrected chi connectivity index (χ3v) is 3.65. The van der Waals surface area contributed by atoms with E-state index < -0.39 is 0 Å². The van der Waals surface area contributed by atoms with Crippen molar-refractivity contribution >= 4 is 23.2 Å². The summed E-state index contributed by atoms with van der Waals surface area (Å²) < 4.78 is 0. The van der Waals surface area contributed by atoms with Gasteiger partial charge in [-0.15, -0.1) is 0 Å². The van der Waals surface area contributed by atoms with E-state index in [9.17, 15) is 14.9 Å². The van der Waals surface area contributed by atoms with Crippen LogP contribution in [0.3, 0.4) is 0 Å². The van der Waals surface area contributed by atoms with Crippen LogP contribution >= 0.6 is 0 Å². The lowest BCUT2D eigenvalue weighted by Gasteiger charge is -2.10. The fourth-order valence-electron chi connectivity index (χ4n) is 2.42. The number of benzene rings is 3. The van der Waals surface area contributed by atoms with E-state index in [2.05, 4.69) is 10.6 Å². The number of hydrogen-bond donors (Lipinski definition) is 2. The second-order valence-electron chi connectivity index (χ2n) is 5.55. The Kier molecular flexibility index (Phi) is 5.06. The first-order valence-electron chi connectivity index (χ1n) is 7.94. The molecule has 0 aliphatic carbocycles. The minimum Gasteiger partial charge on any atom is -0.322 e. The summed E-state index contributed by atoms with van der Waals surface area (Å²) in [6.07, 6.45) is 0. The molecule has 0 aliphatic rings. The molecule has 0 saturated carbocycles. The predicted octanol–water partition coefficient (Wildman–Crippen LogP) is 4.06. The molecule has 26 heavy (non-hydrogen) atoms. The Morgan fingerprint density at radius 1 is 0.692 bits per heavy atom. The van der Waals surface area contributed by atoms with Gasteiger partial charge in [0.05, 0.1) is 11.6 Å². The highest BCUT2D eigenvalue weighted by molar-refractivity contribution is 6.06. The number of nitrogens with one attached hydrogen (secondary N) is 2. The Balaban J connectivity index is 1.82. The first-order valence-corrected chi connectivity index (χ1v) is 7.94. The molecule has 0 aromatic heterocycles. The number of rotatable bonds is 4. The van der Waals surface area contributed by atoms with Gasteiger partial charge in [0.1, 0.15) is 0 Å². The second-order valence-corrected chi connectivity index (χ2v) is 5.55. The molecular formula is C21H15N3O2. The van der Waals surface area contributed by atoms with Gasteiger partial charge in [0, 0.05) is 22.5 Å². The summed E-state index contributed by atoms with van der Waals surface area (Å²) in [6.45, 7) is 0. The quantitative estimate of drug-likeness (QED) is 0.750. The van der Waals surface area contributed by atoms with Crippen molar-refractivity contribution < 1.29 is 9.59 Å². The van der Waals surface area contributed by atoms with Gasteiger partial charge < -0.3 is 10.6 Å². The fraction of sp³-hybridized carbons (Fsp3) is 0. The van der Waals surface area contributed by atoms with Gasteiger partial charge in [-0.3, -0.25) is 9.59 Å². The molecule has 5 heteroatoms. The zero-order valence-corrected chi connectivity index (χ0v) is 13.8. The van der Waals surface area contributed by atoms with Gasteiger partial charge in [-0.2, -0.15) is 5.26 Å². The number of carbonyl (C=O) groups excluding carboxylic acids is 2. The zero-order valence-electron chi connectivity index (χ0n) is 13.8. The topological polar surface area (TPSA) is 82.0 Å². The van der Waals surface area contributed by atoms with Crippen LogP contribution in [-0.4, -0.2) is 11.8 Å². The molecule has 2 N–H and O–H groups in total. The average Bonchev–Trinajstić information content (AvgIpc) is 2.69. The van der Waals surface area contributed by atoms with Crippen molar-refractivity contribution in [3.63, 3.8) is 0 Å². The van der Waals surface area contributed by atoms with Crippen LogP contribution in [0.5, 0.6) is 0 Å². The van der Waals surface area contributed by atoms with Crippen molar-refractivity contribution in [2.24, 2.45) is 0 Å². The van der Waals surface area contributed by atoms with E-state index in [-0.39, 0.29) is 11.8 Å². The van der Waals surface area contributed by atoms with Crippen LogP contribution < -0.4 is 10.6 Å². The minimum atomic E-state index is -0.291. The Bertz CT molecular complexity index is 905. The Morgan fingerprint density at radius 2 is 1.12 bits per heavy atom. The van der Waals surface area contributed by atoms with Gasteiger partial charge in [0.15, 0.2) is 0 Å². The molecule has 0 fully saturated rings. The van der Waals surface area contributed by atoms with E-state index >= 15 is 0 Å². The van der Waals surface area contributed by atoms with Crippen molar-refractivity contribution in [3.8, 4) is 6.07 Å². The maximum Gasteiger partial charge on any atom is 0.255 e. The molecule has 0 heterocycles. The molecule has 0 aliphatic heterocycles. The minimum absolute atomic E-state index is 0.291. The molecule has 2 amide bonds. The SMILES string of the molecule is N#Cc1cc(NC(=O)c2ccccc2)cc(NC(=O)c2ccccc2)c1. The van der Waals surface area contributed by atoms with Crippen molar-refractivity contribution in [1.82, 2.24) is 0 Å². The van der Waals surface area contributed by atoms with E-state index in [0.29, 0.717) is 28.1 Å². The third kappa shape index (κ3) is 4.13. The molecule has 0 saturated heterocycles. The molecule has 0 radical (unpaired) electrons. The lowest BCUT2D eigenvalue weighted by molar-refractivity contribution is 0.101. The van der Waals surface area contributed by atoms with Gasteiger partial charge in [0.25, 0.3) is 11.8 Å². The Morgan fingerprint density at radius 3 is 1.50 bits per heavy atom. The van der Waals surface area contributed by atoms with Gasteiger partial charge in [-0.25, -0.2) is 0 Å². The highest BCUT2D eigenvalue weighted by Gasteiger charge is 2.10. The normalized spacial score (nSPS) is 9.81. The molecule has 5 nitrogen and oxygen atoms in total. The van der Waals surface area contributed by atoms with Crippen molar-refractivity contribution in [1.29, 1.82) is 5.26 Å². The van der Waals surface area contributed by atoms with Crippen LogP contribution in [0.1, 0.15) is 26.3 Å². The molecule has 3 aromatic rings. The molecule has 3 aromatic carbocycles. The summed E-state index contributed by atoms with van der Waals surface area (Å²) in [4.78, 5) is 24.6. The first kappa shape index (κ1) is 16.9. The van der Waals surface area contributed by atoms with Crippen LogP contribution in [0, 0.1) is 11.3 Å². The average molecular weight is 341 g/mol. The number of nitrogens with zero attached hydrogens (tertiary/aromatic N) is 1. The van der Waals surface area contributed by atoms with E-state index in [1.165, 1.54) is 0 Å². The van der Waals surface area contributed by atoms with Crippen LogP contribution in [0.2, 0.25) is 0 Å². The van der Waals surface area contributed by atoms with E-state index in [1.54, 1.807) is 66.7 Å². The molecule has 0 unspecified atom stereocenters. The third-order valence-electron chi connectivity index (χ3n) is 3.65. The van der Waals surface area contributed by atoms with Gasteiger partial charge in [-0.1, -0.05) is 36.4 Å². The first-order chi connectivity index (χ1) is 12.7. The number of hydrogen-bond acceptors (Lipinski definition) is 3. The summed E-state index contributed by atoms with van der Waals surface area (Å²) in [5.74, 6) is -0.581. The van der Waals surface area contributed by atoms with Crippen molar-refractivity contribution in [3.05, 3.63) is 95.6 Å².